The van der Waals surface area contributed by atoms with Crippen LogP contribution in [0.2, 0.25) is 0 Å². The normalized spacial score (nSPS) is 13.8. The third-order valence-corrected chi connectivity index (χ3v) is 4.64. The first-order valence-electron chi connectivity index (χ1n) is 10.4. The third kappa shape index (κ3) is 5.88. The van der Waals surface area contributed by atoms with Crippen LogP contribution < -0.4 is 20.9 Å². The van der Waals surface area contributed by atoms with Crippen LogP contribution in [0.1, 0.15) is 59.1 Å². The molecule has 0 aliphatic rings. The highest BCUT2D eigenvalue weighted by Gasteiger charge is 2.48. The summed E-state index contributed by atoms with van der Waals surface area (Å²) in [4.78, 5) is 52.2. The predicted octanol–water partition coefficient (Wildman–Crippen LogP) is 0.453. The Labute approximate surface area is 192 Å². The molecule has 180 valence electrons. The molecule has 2 aromatic rings. The lowest BCUT2D eigenvalue weighted by Crippen LogP contribution is -2.53. The van der Waals surface area contributed by atoms with Gasteiger partial charge >= 0.3 is 17.6 Å². The van der Waals surface area contributed by atoms with Crippen LogP contribution in [0.5, 0.6) is 5.88 Å². The van der Waals surface area contributed by atoms with Gasteiger partial charge in [-0.1, -0.05) is 6.07 Å². The molecule has 0 bridgehead atoms. The number of carbonyl (C=O) groups is 2. The zero-order valence-electron chi connectivity index (χ0n) is 20.2. The average Bonchev–Trinajstić information content (AvgIpc) is 2.68. The molecule has 33 heavy (non-hydrogen) atoms. The molecule has 0 aromatic carbocycles. The smallest absolute Gasteiger partial charge is 0.377 e. The quantitative estimate of drug-likeness (QED) is 0.468. The molecule has 10 nitrogen and oxygen atoms in total. The number of aromatic nitrogens is 3. The Morgan fingerprint density at radius 1 is 0.879 bits per heavy atom. The van der Waals surface area contributed by atoms with Crippen molar-refractivity contribution in [2.45, 2.75) is 64.7 Å². The van der Waals surface area contributed by atoms with Crippen LogP contribution in [0.3, 0.4) is 0 Å². The molecule has 0 aliphatic carbocycles. The molecule has 0 fully saturated rings. The number of ether oxygens (including phenoxy) is 2. The summed E-state index contributed by atoms with van der Waals surface area (Å²) in [5.74, 6) is -4.47. The van der Waals surface area contributed by atoms with Crippen molar-refractivity contribution in [3.05, 3.63) is 57.0 Å². The maximum Gasteiger partial charge on any atom is 0.377 e. The highest BCUT2D eigenvalue weighted by atomic mass is 16.6. The van der Waals surface area contributed by atoms with Crippen molar-refractivity contribution < 1.29 is 28.7 Å². The summed E-state index contributed by atoms with van der Waals surface area (Å²) in [6.45, 7) is 9.84. The van der Waals surface area contributed by atoms with Gasteiger partial charge in [-0.3, -0.25) is 14.2 Å². The number of pyridine rings is 1. The fourth-order valence-electron chi connectivity index (χ4n) is 3.28. The van der Waals surface area contributed by atoms with E-state index in [9.17, 15) is 24.3 Å². The van der Waals surface area contributed by atoms with Gasteiger partial charge in [-0.25, -0.2) is 9.59 Å². The number of esters is 2. The van der Waals surface area contributed by atoms with Gasteiger partial charge in [0.05, 0.1) is 0 Å². The molecule has 2 heterocycles. The molecule has 10 heteroatoms. The van der Waals surface area contributed by atoms with Gasteiger partial charge in [0.15, 0.2) is 18.3 Å². The molecule has 2 rings (SSSR count). The highest BCUT2D eigenvalue weighted by Crippen LogP contribution is 2.32. The van der Waals surface area contributed by atoms with Gasteiger partial charge in [0.2, 0.25) is 0 Å². The summed E-state index contributed by atoms with van der Waals surface area (Å²) in [5.41, 5.74) is -4.29. The Bertz CT molecular complexity index is 1150. The fraction of sp³-hybridized carbons (Fsp3) is 0.522. The molecule has 0 saturated heterocycles. The van der Waals surface area contributed by atoms with Gasteiger partial charge in [-0.05, 0) is 47.4 Å². The second-order valence-corrected chi connectivity index (χ2v) is 9.74. The van der Waals surface area contributed by atoms with E-state index in [0.29, 0.717) is 0 Å². The molecule has 2 atom stereocenters. The Kier molecular flexibility index (Phi) is 7.20. The minimum Gasteiger partial charge on any atom is -0.860 e. The van der Waals surface area contributed by atoms with Crippen LogP contribution in [-0.2, 0) is 33.2 Å². The molecule has 2 aromatic heterocycles. The fourth-order valence-corrected chi connectivity index (χ4v) is 3.28. The molecule has 0 radical (unpaired) electrons. The number of rotatable bonds is 5. The largest absolute Gasteiger partial charge is 0.860 e. The maximum absolute atomic E-state index is 13.4. The number of hydrogen-bond acceptors (Lipinski definition) is 7. The van der Waals surface area contributed by atoms with Crippen molar-refractivity contribution in [1.82, 2.24) is 9.13 Å². The van der Waals surface area contributed by atoms with E-state index in [1.54, 1.807) is 59.7 Å². The summed E-state index contributed by atoms with van der Waals surface area (Å²) in [7, 11) is 2.38. The van der Waals surface area contributed by atoms with Crippen molar-refractivity contribution in [2.24, 2.45) is 14.1 Å². The Hall–Kier alpha value is -3.43. The van der Waals surface area contributed by atoms with Crippen molar-refractivity contribution in [3.63, 3.8) is 0 Å². The van der Waals surface area contributed by atoms with E-state index in [2.05, 4.69) is 0 Å². The minimum atomic E-state index is -1.68. The number of hydrogen-bond donors (Lipinski definition) is 0. The van der Waals surface area contributed by atoms with Gasteiger partial charge < -0.3 is 19.1 Å². The summed E-state index contributed by atoms with van der Waals surface area (Å²) >= 11 is 0. The predicted molar refractivity (Wildman–Crippen MR) is 116 cm³/mol. The molecule has 0 aliphatic heterocycles. The summed E-state index contributed by atoms with van der Waals surface area (Å²) < 4.78 is 13.9. The van der Waals surface area contributed by atoms with E-state index < -0.39 is 57.8 Å². The monoisotopic (exact) mass is 461 g/mol. The van der Waals surface area contributed by atoms with Crippen LogP contribution in [0, 0.1) is 0 Å². The second-order valence-electron chi connectivity index (χ2n) is 9.74. The van der Waals surface area contributed by atoms with E-state index >= 15 is 0 Å². The lowest BCUT2D eigenvalue weighted by Gasteiger charge is -2.30. The van der Waals surface area contributed by atoms with Crippen LogP contribution in [-0.4, -0.2) is 32.3 Å². The van der Waals surface area contributed by atoms with E-state index in [0.717, 1.165) is 9.13 Å². The summed E-state index contributed by atoms with van der Waals surface area (Å²) in [6, 6.07) is 3.51. The lowest BCUT2D eigenvalue weighted by molar-refractivity contribution is -0.712. The third-order valence-electron chi connectivity index (χ3n) is 4.64. The van der Waals surface area contributed by atoms with Crippen LogP contribution in [0.4, 0.5) is 0 Å². The summed E-state index contributed by atoms with van der Waals surface area (Å²) in [6.07, 6.45) is 3.03. The Balaban J connectivity index is 2.91. The van der Waals surface area contributed by atoms with Gasteiger partial charge in [0.1, 0.15) is 11.2 Å². The number of carbonyl (C=O) groups excluding carboxylic acids is 2. The zero-order chi connectivity index (χ0) is 25.3. The highest BCUT2D eigenvalue weighted by molar-refractivity contribution is 5.87. The van der Waals surface area contributed by atoms with E-state index in [1.807, 2.05) is 0 Å². The van der Waals surface area contributed by atoms with Crippen molar-refractivity contribution in [1.29, 1.82) is 0 Å². The average molecular weight is 462 g/mol. The standard InChI is InChI=1S/C23H31N3O7/c1-22(2,3)32-19(29)14(15-17(27)24(7)21(31)25(8)18(15)28)16(20(30)33-23(4,5)6)26-12-10-9-11-13-26/h9-14,16H,1-8H3. The molecule has 0 N–H and O–H groups in total. The molecule has 0 amide bonds. The van der Waals surface area contributed by atoms with Crippen molar-refractivity contribution in [3.8, 4) is 5.88 Å². The molecular formula is C23H31N3O7. The topological polar surface area (TPSA) is 124 Å². The Morgan fingerprint density at radius 2 is 1.36 bits per heavy atom. The zero-order valence-corrected chi connectivity index (χ0v) is 20.2. The molecular weight excluding hydrogens is 430 g/mol. The van der Waals surface area contributed by atoms with Crippen molar-refractivity contribution in [2.75, 3.05) is 0 Å². The molecule has 0 saturated carbocycles. The van der Waals surface area contributed by atoms with Gasteiger partial charge in [0.25, 0.3) is 11.6 Å². The Morgan fingerprint density at radius 3 is 1.85 bits per heavy atom. The first kappa shape index (κ1) is 25.8. The lowest BCUT2D eigenvalue weighted by atomic mass is 9.91. The first-order chi connectivity index (χ1) is 15.0. The second kappa shape index (κ2) is 9.21. The molecule has 0 spiro atoms. The first-order valence-corrected chi connectivity index (χ1v) is 10.4. The van der Waals surface area contributed by atoms with E-state index in [1.165, 1.54) is 31.1 Å². The SMILES string of the molecule is Cn1c([O-])c(C(C(=O)OC(C)(C)C)C(C(=O)OC(C)(C)C)[n+]2ccccc2)c(=O)n(C)c1=O. The van der Waals surface area contributed by atoms with Gasteiger partial charge in [-0.15, -0.1) is 0 Å². The number of nitrogens with zero attached hydrogens (tertiary/aromatic N) is 3. The van der Waals surface area contributed by atoms with E-state index in [4.69, 9.17) is 9.47 Å². The summed E-state index contributed by atoms with van der Waals surface area (Å²) in [5, 5.41) is 13.1. The minimum absolute atomic E-state index is 0.555. The van der Waals surface area contributed by atoms with Gasteiger partial charge in [-0.2, -0.15) is 4.57 Å². The van der Waals surface area contributed by atoms with E-state index in [-0.39, 0.29) is 0 Å². The van der Waals surface area contributed by atoms with Crippen molar-refractivity contribution >= 4 is 11.9 Å². The molecule has 2 unspecified atom stereocenters. The van der Waals surface area contributed by atoms with Crippen LogP contribution >= 0.6 is 0 Å². The van der Waals surface area contributed by atoms with Crippen LogP contribution in [0.25, 0.3) is 0 Å². The van der Waals surface area contributed by atoms with Gasteiger partial charge in [0, 0.05) is 31.8 Å². The maximum atomic E-state index is 13.4. The van der Waals surface area contributed by atoms with Crippen LogP contribution in [0.15, 0.2) is 40.2 Å².